The van der Waals surface area contributed by atoms with Crippen molar-refractivity contribution < 1.29 is 52.7 Å². The molecule has 4 aromatic carbocycles. The maximum Gasteiger partial charge on any atom is 0.416 e. The van der Waals surface area contributed by atoms with E-state index in [0.717, 1.165) is 0 Å². The molecule has 0 amide bonds. The summed E-state index contributed by atoms with van der Waals surface area (Å²) < 4.78 is 165. The van der Waals surface area contributed by atoms with Gasteiger partial charge in [-0.3, -0.25) is 0 Å². The second-order valence-corrected chi connectivity index (χ2v) is 17.3. The average molecular weight is 784 g/mol. The molecule has 0 aromatic heterocycles. The van der Waals surface area contributed by atoms with Crippen molar-refractivity contribution in [3.05, 3.63) is 125 Å². The van der Waals surface area contributed by atoms with Gasteiger partial charge in [0.15, 0.2) is 5.11 Å². The number of halogens is 12. The van der Waals surface area contributed by atoms with Crippen LogP contribution < -0.4 is 21.2 Å². The molecule has 0 spiro atoms. The van der Waals surface area contributed by atoms with Gasteiger partial charge in [-0.2, -0.15) is 52.7 Å². The quantitative estimate of drug-likeness (QED) is 0.106. The first-order valence-corrected chi connectivity index (χ1v) is 18.0. The number of hydrogen-bond donors (Lipinski definition) is 2. The lowest BCUT2D eigenvalue weighted by atomic mass is 9.88. The molecule has 2 N–H and O–H groups in total. The number of rotatable bonds is 8. The molecule has 0 aliphatic carbocycles. The molecular weight excluding hydrogens is 751 g/mol. The molecule has 2 nitrogen and oxygen atoms in total. The van der Waals surface area contributed by atoms with Gasteiger partial charge < -0.3 is 10.6 Å². The highest BCUT2D eigenvalue weighted by Gasteiger charge is 2.48. The summed E-state index contributed by atoms with van der Waals surface area (Å²) in [4.78, 5) is 0. The first-order chi connectivity index (χ1) is 23.8. The first-order valence-electron chi connectivity index (χ1n) is 15.4. The Bertz CT molecular complexity index is 1740. The highest BCUT2D eigenvalue weighted by Crippen LogP contribution is 2.61. The summed E-state index contributed by atoms with van der Waals surface area (Å²) in [6.07, 6.45) is -20.7. The van der Waals surface area contributed by atoms with Crippen LogP contribution in [0, 0.1) is 5.41 Å². The van der Waals surface area contributed by atoms with E-state index in [4.69, 9.17) is 12.2 Å². The predicted molar refractivity (Wildman–Crippen MR) is 183 cm³/mol. The standard InChI is InChI=1S/C36H31F12N2PS/c1-32(2,3)30(50-31(52)49-27-18-25(35(43,44)45)17-26(19-27)36(46,47)48)21-51(28-10-6-4-7-11-28,29-12-8-5-9-13-29)20-22-14-23(33(37,38)39)16-24(15-22)34(40,41)42/h4-19,30H,20-21H2,1-3H3,(H-,49,50,52)/p+1/t30-/m1/s1. The van der Waals surface area contributed by atoms with E-state index in [0.29, 0.717) is 34.9 Å². The molecule has 0 bridgehead atoms. The van der Waals surface area contributed by atoms with E-state index in [1.54, 1.807) is 81.4 Å². The van der Waals surface area contributed by atoms with Crippen molar-refractivity contribution in [3.8, 4) is 0 Å². The van der Waals surface area contributed by atoms with Crippen LogP contribution in [0.2, 0.25) is 0 Å². The van der Waals surface area contributed by atoms with Gasteiger partial charge in [0.1, 0.15) is 0 Å². The second-order valence-electron chi connectivity index (χ2n) is 13.2. The smallest absolute Gasteiger partial charge is 0.356 e. The van der Waals surface area contributed by atoms with Gasteiger partial charge in [0.2, 0.25) is 0 Å². The lowest BCUT2D eigenvalue weighted by Gasteiger charge is -2.38. The van der Waals surface area contributed by atoms with Crippen LogP contribution in [0.5, 0.6) is 0 Å². The summed E-state index contributed by atoms with van der Waals surface area (Å²) >= 11 is 5.40. The van der Waals surface area contributed by atoms with Crippen molar-refractivity contribution in [2.24, 2.45) is 5.41 Å². The van der Waals surface area contributed by atoms with Crippen LogP contribution in [0.15, 0.2) is 97.1 Å². The third-order valence-electron chi connectivity index (χ3n) is 8.29. The normalized spacial score (nSPS) is 13.8. The molecule has 0 radical (unpaired) electrons. The van der Waals surface area contributed by atoms with Gasteiger partial charge in [0.25, 0.3) is 0 Å². The van der Waals surface area contributed by atoms with Crippen molar-refractivity contribution in [2.45, 2.75) is 57.7 Å². The van der Waals surface area contributed by atoms with Crippen LogP contribution in [0.25, 0.3) is 0 Å². The largest absolute Gasteiger partial charge is 0.416 e. The van der Waals surface area contributed by atoms with Gasteiger partial charge in [0, 0.05) is 5.69 Å². The number of benzene rings is 4. The van der Waals surface area contributed by atoms with Crippen molar-refractivity contribution >= 4 is 40.9 Å². The van der Waals surface area contributed by atoms with E-state index < -0.39 is 71.4 Å². The van der Waals surface area contributed by atoms with E-state index in [1.807, 2.05) is 0 Å². The lowest BCUT2D eigenvalue weighted by molar-refractivity contribution is -0.144. The Kier molecular flexibility index (Phi) is 11.7. The Hall–Kier alpha value is -3.84. The molecule has 1 atom stereocenters. The fourth-order valence-corrected chi connectivity index (χ4v) is 10.7. The Morgan fingerprint density at radius 2 is 0.942 bits per heavy atom. The van der Waals surface area contributed by atoms with Gasteiger partial charge in [-0.05, 0) is 83.9 Å². The topological polar surface area (TPSA) is 24.1 Å². The number of nitrogens with one attached hydrogen (secondary N) is 2. The Morgan fingerprint density at radius 1 is 0.577 bits per heavy atom. The first kappa shape index (κ1) is 40.9. The SMILES string of the molecule is CC(C)(C)[C@@H](C[P+](Cc1cc(C(F)(F)F)cc(C(F)(F)F)c1)(c1ccccc1)c1ccccc1)NC(=S)Nc1cc(C(F)(F)F)cc(C(F)(F)F)c1. The van der Waals surface area contributed by atoms with Crippen molar-refractivity contribution in [3.63, 3.8) is 0 Å². The number of anilines is 1. The van der Waals surface area contributed by atoms with Crippen LogP contribution in [0.1, 0.15) is 48.6 Å². The van der Waals surface area contributed by atoms with Crippen LogP contribution in [0.4, 0.5) is 58.4 Å². The van der Waals surface area contributed by atoms with Gasteiger partial charge in [-0.15, -0.1) is 0 Å². The van der Waals surface area contributed by atoms with Crippen LogP contribution in [0.3, 0.4) is 0 Å². The van der Waals surface area contributed by atoms with Crippen molar-refractivity contribution in [2.75, 3.05) is 11.5 Å². The number of alkyl halides is 12. The minimum Gasteiger partial charge on any atom is -0.356 e. The molecular formula is C36H32F12N2PS+. The third-order valence-corrected chi connectivity index (χ3v) is 13.0. The molecule has 0 heterocycles. The maximum absolute atomic E-state index is 14.0. The molecule has 0 aliphatic rings. The molecule has 16 heteroatoms. The summed E-state index contributed by atoms with van der Waals surface area (Å²) in [6, 6.07) is 18.5. The zero-order valence-corrected chi connectivity index (χ0v) is 29.3. The zero-order valence-electron chi connectivity index (χ0n) is 27.6. The summed E-state index contributed by atoms with van der Waals surface area (Å²) in [7, 11) is -3.10. The van der Waals surface area contributed by atoms with E-state index in [2.05, 4.69) is 10.6 Å². The molecule has 0 fully saturated rings. The molecule has 280 valence electrons. The Balaban J connectivity index is 1.86. The predicted octanol–water partition coefficient (Wildman–Crippen LogP) is 11.3. The summed E-state index contributed by atoms with van der Waals surface area (Å²) in [5.41, 5.74) is -7.74. The summed E-state index contributed by atoms with van der Waals surface area (Å²) in [6.45, 7) is 5.28. The van der Waals surface area contributed by atoms with E-state index in [1.165, 1.54) is 0 Å². The Morgan fingerprint density at radius 3 is 1.29 bits per heavy atom. The monoisotopic (exact) mass is 783 g/mol. The Labute approximate surface area is 298 Å². The molecule has 0 unspecified atom stereocenters. The molecule has 0 saturated heterocycles. The van der Waals surface area contributed by atoms with E-state index in [-0.39, 0.29) is 35.1 Å². The molecule has 52 heavy (non-hydrogen) atoms. The van der Waals surface area contributed by atoms with Crippen LogP contribution in [-0.4, -0.2) is 17.3 Å². The number of thiocarbonyl (C=S) groups is 1. The minimum absolute atomic E-state index is 0.0316. The molecule has 4 rings (SSSR count). The molecule has 0 saturated carbocycles. The fraction of sp³-hybridized carbons (Fsp3) is 0.306. The van der Waals surface area contributed by atoms with Crippen molar-refractivity contribution in [1.82, 2.24) is 5.32 Å². The summed E-state index contributed by atoms with van der Waals surface area (Å²) in [5, 5.41) is 6.30. The average Bonchev–Trinajstić information content (AvgIpc) is 3.02. The summed E-state index contributed by atoms with van der Waals surface area (Å²) in [5.74, 6) is 0. The third kappa shape index (κ3) is 10.2. The highest BCUT2D eigenvalue weighted by molar-refractivity contribution is 7.89. The minimum atomic E-state index is -5.12. The zero-order chi connectivity index (χ0) is 38.9. The van der Waals surface area contributed by atoms with Gasteiger partial charge in [-0.1, -0.05) is 57.2 Å². The van der Waals surface area contributed by atoms with Crippen molar-refractivity contribution in [1.29, 1.82) is 0 Å². The van der Waals surface area contributed by atoms with Crippen LogP contribution in [-0.2, 0) is 30.9 Å². The lowest BCUT2D eigenvalue weighted by Crippen LogP contribution is -2.50. The fourth-order valence-electron chi connectivity index (χ4n) is 5.66. The van der Waals surface area contributed by atoms with Crippen LogP contribution >= 0.6 is 19.5 Å². The molecule has 4 aromatic rings. The second kappa shape index (κ2) is 14.9. The van der Waals surface area contributed by atoms with E-state index >= 15 is 0 Å². The number of hydrogen-bond acceptors (Lipinski definition) is 1. The van der Waals surface area contributed by atoms with Gasteiger partial charge in [-0.25, -0.2) is 0 Å². The highest BCUT2D eigenvalue weighted by atomic mass is 32.1. The van der Waals surface area contributed by atoms with Gasteiger partial charge >= 0.3 is 24.7 Å². The van der Waals surface area contributed by atoms with E-state index in [9.17, 15) is 52.7 Å². The molecule has 0 aliphatic heterocycles. The maximum atomic E-state index is 14.0. The van der Waals surface area contributed by atoms with Gasteiger partial charge in [0.05, 0.1) is 58.5 Å².